The van der Waals surface area contributed by atoms with Crippen molar-refractivity contribution in [2.75, 3.05) is 53.5 Å². The molecule has 1 unspecified atom stereocenters. The molecule has 24 heavy (non-hydrogen) atoms. The van der Waals surface area contributed by atoms with Crippen LogP contribution < -0.4 is 5.32 Å². The van der Waals surface area contributed by atoms with Crippen molar-refractivity contribution in [2.45, 2.75) is 33.8 Å². The van der Waals surface area contributed by atoms with Crippen molar-refractivity contribution in [1.82, 2.24) is 15.1 Å². The van der Waals surface area contributed by atoms with Crippen molar-refractivity contribution in [2.24, 2.45) is 10.4 Å². The fourth-order valence-corrected chi connectivity index (χ4v) is 2.57. The minimum absolute atomic E-state index is 0. The molecule has 1 amide bonds. The summed E-state index contributed by atoms with van der Waals surface area (Å²) in [4.78, 5) is 20.0. The number of rotatable bonds is 4. The van der Waals surface area contributed by atoms with E-state index in [2.05, 4.69) is 36.0 Å². The molecule has 1 heterocycles. The summed E-state index contributed by atoms with van der Waals surface area (Å²) in [7, 11) is 3.51. The average molecular weight is 456 g/mol. The maximum atomic E-state index is 11.7. The minimum Gasteiger partial charge on any atom is -0.450 e. The summed E-state index contributed by atoms with van der Waals surface area (Å²) in [6.07, 6.45) is -0.137. The molecular formula is C16H33IN4O3. The molecule has 0 aromatic heterocycles. The summed E-state index contributed by atoms with van der Waals surface area (Å²) < 4.78 is 10.6. The van der Waals surface area contributed by atoms with Gasteiger partial charge < -0.3 is 24.6 Å². The fourth-order valence-electron chi connectivity index (χ4n) is 2.57. The van der Waals surface area contributed by atoms with Crippen molar-refractivity contribution in [3.05, 3.63) is 0 Å². The maximum absolute atomic E-state index is 11.7. The molecule has 1 aliphatic rings. The van der Waals surface area contributed by atoms with E-state index in [-0.39, 0.29) is 41.6 Å². The van der Waals surface area contributed by atoms with Crippen LogP contribution in [0.25, 0.3) is 0 Å². The SMILES string of the molecule is CCOC(=O)N1CCN(C(=NC)NCC(OC)C(C)(C)C)CC1.I. The second kappa shape index (κ2) is 11.0. The van der Waals surface area contributed by atoms with E-state index in [1.54, 1.807) is 19.1 Å². The molecular weight excluding hydrogens is 423 g/mol. The highest BCUT2D eigenvalue weighted by Gasteiger charge is 2.27. The Morgan fingerprint density at radius 2 is 1.75 bits per heavy atom. The van der Waals surface area contributed by atoms with Crippen molar-refractivity contribution in [1.29, 1.82) is 0 Å². The highest BCUT2D eigenvalue weighted by Crippen LogP contribution is 2.21. The van der Waals surface area contributed by atoms with Gasteiger partial charge in [-0.1, -0.05) is 20.8 Å². The van der Waals surface area contributed by atoms with Gasteiger partial charge in [0.15, 0.2) is 5.96 Å². The van der Waals surface area contributed by atoms with Crippen molar-refractivity contribution < 1.29 is 14.3 Å². The number of halogens is 1. The van der Waals surface area contributed by atoms with Gasteiger partial charge >= 0.3 is 6.09 Å². The lowest BCUT2D eigenvalue weighted by Crippen LogP contribution is -2.55. The molecule has 0 aliphatic carbocycles. The molecule has 1 N–H and O–H groups in total. The number of methoxy groups -OCH3 is 1. The number of guanidine groups is 1. The highest BCUT2D eigenvalue weighted by atomic mass is 127. The number of carbonyl (C=O) groups is 1. The zero-order valence-electron chi connectivity index (χ0n) is 15.8. The Morgan fingerprint density at radius 1 is 1.21 bits per heavy atom. The second-order valence-electron chi connectivity index (χ2n) is 6.69. The Balaban J connectivity index is 0.00000529. The van der Waals surface area contributed by atoms with Crippen LogP contribution in [0.1, 0.15) is 27.7 Å². The van der Waals surface area contributed by atoms with Gasteiger partial charge in [-0.25, -0.2) is 4.79 Å². The number of aliphatic imine (C=N–C) groups is 1. The first-order valence-electron chi connectivity index (χ1n) is 8.23. The van der Waals surface area contributed by atoms with Crippen LogP contribution >= 0.6 is 24.0 Å². The fraction of sp³-hybridized carbons (Fsp3) is 0.875. The van der Waals surface area contributed by atoms with Crippen LogP contribution in [-0.4, -0.2) is 81.4 Å². The van der Waals surface area contributed by atoms with Crippen molar-refractivity contribution >= 4 is 36.0 Å². The van der Waals surface area contributed by atoms with Gasteiger partial charge in [0.05, 0.1) is 12.7 Å². The predicted molar refractivity (Wildman–Crippen MR) is 107 cm³/mol. The van der Waals surface area contributed by atoms with E-state index >= 15 is 0 Å². The first-order chi connectivity index (χ1) is 10.8. The molecule has 1 aliphatic heterocycles. The number of carbonyl (C=O) groups excluding carboxylic acids is 1. The van der Waals surface area contributed by atoms with Gasteiger partial charge in [-0.15, -0.1) is 24.0 Å². The largest absolute Gasteiger partial charge is 0.450 e. The lowest BCUT2D eigenvalue weighted by molar-refractivity contribution is 0.0199. The number of hydrogen-bond donors (Lipinski definition) is 1. The summed E-state index contributed by atoms with van der Waals surface area (Å²) in [5.41, 5.74) is 0.0587. The maximum Gasteiger partial charge on any atom is 0.409 e. The van der Waals surface area contributed by atoms with Crippen LogP contribution in [0.15, 0.2) is 4.99 Å². The molecule has 0 radical (unpaired) electrons. The zero-order valence-corrected chi connectivity index (χ0v) is 18.1. The van der Waals surface area contributed by atoms with E-state index in [0.717, 1.165) is 19.0 Å². The third-order valence-corrected chi connectivity index (χ3v) is 4.01. The predicted octanol–water partition coefficient (Wildman–Crippen LogP) is 2.02. The van der Waals surface area contributed by atoms with Gasteiger partial charge in [-0.05, 0) is 12.3 Å². The molecule has 8 heteroatoms. The second-order valence-corrected chi connectivity index (χ2v) is 6.69. The van der Waals surface area contributed by atoms with Crippen LogP contribution in [0, 0.1) is 5.41 Å². The van der Waals surface area contributed by atoms with Crippen LogP contribution in [0.3, 0.4) is 0 Å². The third-order valence-electron chi connectivity index (χ3n) is 4.01. The molecule has 0 bridgehead atoms. The third kappa shape index (κ3) is 7.00. The molecule has 0 saturated carbocycles. The first-order valence-corrected chi connectivity index (χ1v) is 8.23. The van der Waals surface area contributed by atoms with Gasteiger partial charge in [0.2, 0.25) is 0 Å². The van der Waals surface area contributed by atoms with E-state index in [9.17, 15) is 4.79 Å². The van der Waals surface area contributed by atoms with Gasteiger partial charge in [0.1, 0.15) is 0 Å². The highest BCUT2D eigenvalue weighted by molar-refractivity contribution is 14.0. The molecule has 1 fully saturated rings. The quantitative estimate of drug-likeness (QED) is 0.399. The number of amides is 1. The number of hydrogen-bond acceptors (Lipinski definition) is 4. The van der Waals surface area contributed by atoms with E-state index in [4.69, 9.17) is 9.47 Å². The van der Waals surface area contributed by atoms with E-state index in [1.807, 2.05) is 6.92 Å². The smallest absolute Gasteiger partial charge is 0.409 e. The lowest BCUT2D eigenvalue weighted by atomic mass is 9.89. The minimum atomic E-state index is -0.234. The topological polar surface area (TPSA) is 66.4 Å². The van der Waals surface area contributed by atoms with Gasteiger partial charge in [-0.2, -0.15) is 0 Å². The monoisotopic (exact) mass is 456 g/mol. The van der Waals surface area contributed by atoms with Crippen molar-refractivity contribution in [3.8, 4) is 0 Å². The summed E-state index contributed by atoms with van der Waals surface area (Å²) in [5.74, 6) is 0.847. The molecule has 0 aromatic rings. The zero-order chi connectivity index (χ0) is 17.5. The first kappa shape index (κ1) is 23.2. The molecule has 1 atom stereocenters. The number of ether oxygens (including phenoxy) is 2. The Bertz CT molecular complexity index is 405. The Kier molecular flexibility index (Phi) is 10.6. The van der Waals surface area contributed by atoms with E-state index in [1.165, 1.54) is 0 Å². The van der Waals surface area contributed by atoms with Crippen LogP contribution in [-0.2, 0) is 9.47 Å². The normalized spacial score (nSPS) is 17.2. The Labute approximate surface area is 163 Å². The van der Waals surface area contributed by atoms with Crippen molar-refractivity contribution in [3.63, 3.8) is 0 Å². The number of nitrogens with one attached hydrogen (secondary N) is 1. The summed E-state index contributed by atoms with van der Waals surface area (Å²) >= 11 is 0. The van der Waals surface area contributed by atoms with Crippen LogP contribution in [0.5, 0.6) is 0 Å². The molecule has 142 valence electrons. The molecule has 1 saturated heterocycles. The lowest BCUT2D eigenvalue weighted by Gasteiger charge is -2.37. The standard InChI is InChI=1S/C16H32N4O3.HI/c1-7-23-15(21)20-10-8-19(9-11-20)14(17-5)18-12-13(22-6)16(2,3)4;/h13H,7-12H2,1-6H3,(H,17,18);1H. The molecule has 0 spiro atoms. The summed E-state index contributed by atoms with van der Waals surface area (Å²) in [5, 5.41) is 3.38. The van der Waals surface area contributed by atoms with Crippen LogP contribution in [0.4, 0.5) is 4.79 Å². The Hall–Kier alpha value is -0.770. The molecule has 7 nitrogen and oxygen atoms in total. The number of piperazine rings is 1. The molecule has 0 aromatic carbocycles. The number of nitrogens with zero attached hydrogens (tertiary/aromatic N) is 3. The van der Waals surface area contributed by atoms with Gasteiger partial charge in [0, 0.05) is 46.9 Å². The van der Waals surface area contributed by atoms with E-state index in [0.29, 0.717) is 26.2 Å². The average Bonchev–Trinajstić information content (AvgIpc) is 2.51. The summed E-state index contributed by atoms with van der Waals surface area (Å²) in [6, 6.07) is 0. The molecule has 1 rings (SSSR count). The van der Waals surface area contributed by atoms with Gasteiger partial charge in [-0.3, -0.25) is 4.99 Å². The Morgan fingerprint density at radius 3 is 2.17 bits per heavy atom. The summed E-state index contributed by atoms with van der Waals surface area (Å²) in [6.45, 7) is 12.2. The van der Waals surface area contributed by atoms with E-state index < -0.39 is 0 Å². The van der Waals surface area contributed by atoms with Gasteiger partial charge in [0.25, 0.3) is 0 Å². The van der Waals surface area contributed by atoms with Crippen LogP contribution in [0.2, 0.25) is 0 Å².